The summed E-state index contributed by atoms with van der Waals surface area (Å²) in [6.07, 6.45) is 0. The molecule has 1 heterocycles. The molecule has 7 heteroatoms. The number of nitrogens with one attached hydrogen (secondary N) is 1. The van der Waals surface area contributed by atoms with Crippen molar-refractivity contribution in [3.63, 3.8) is 0 Å². The number of rotatable bonds is 3. The number of carbonyl (C=O) groups excluding carboxylic acids is 1. The number of methoxy groups -OCH3 is 1. The summed E-state index contributed by atoms with van der Waals surface area (Å²) >= 11 is 0. The smallest absolute Gasteiger partial charge is 0.311 e. The predicted octanol–water partition coefficient (Wildman–Crippen LogP) is 1.04. The summed E-state index contributed by atoms with van der Waals surface area (Å²) in [5.41, 5.74) is 0.0392. The maximum Gasteiger partial charge on any atom is 0.311 e. The van der Waals surface area contributed by atoms with Gasteiger partial charge in [-0.3, -0.25) is 14.9 Å². The van der Waals surface area contributed by atoms with Crippen LogP contribution in [0.15, 0.2) is 18.2 Å². The zero-order valence-corrected chi connectivity index (χ0v) is 11.5. The number of amides is 1. The third kappa shape index (κ3) is 2.72. The minimum Gasteiger partial charge on any atom is -0.490 e. The first-order valence-corrected chi connectivity index (χ1v) is 6.38. The van der Waals surface area contributed by atoms with Crippen molar-refractivity contribution in [1.82, 2.24) is 10.2 Å². The predicted molar refractivity (Wildman–Crippen MR) is 73.0 cm³/mol. The molecule has 0 aliphatic carbocycles. The fourth-order valence-corrected chi connectivity index (χ4v) is 2.34. The van der Waals surface area contributed by atoms with Crippen molar-refractivity contribution >= 4 is 11.6 Å². The Morgan fingerprint density at radius 2 is 2.30 bits per heavy atom. The molecule has 20 heavy (non-hydrogen) atoms. The van der Waals surface area contributed by atoms with Gasteiger partial charge >= 0.3 is 5.69 Å². The first-order chi connectivity index (χ1) is 9.54. The molecule has 0 radical (unpaired) electrons. The third-order valence-electron chi connectivity index (χ3n) is 3.28. The number of hydrogen-bond acceptors (Lipinski definition) is 5. The lowest BCUT2D eigenvalue weighted by Crippen LogP contribution is -2.51. The average Bonchev–Trinajstić information content (AvgIpc) is 2.45. The largest absolute Gasteiger partial charge is 0.490 e. The molecule has 1 amide bonds. The van der Waals surface area contributed by atoms with Crippen LogP contribution in [-0.4, -0.2) is 48.5 Å². The van der Waals surface area contributed by atoms with Crippen LogP contribution in [0.5, 0.6) is 5.75 Å². The van der Waals surface area contributed by atoms with E-state index in [1.807, 2.05) is 6.92 Å². The van der Waals surface area contributed by atoms with E-state index in [1.54, 1.807) is 11.0 Å². The van der Waals surface area contributed by atoms with Gasteiger partial charge in [-0.25, -0.2) is 0 Å². The number of piperazine rings is 1. The zero-order valence-electron chi connectivity index (χ0n) is 11.5. The number of nitrogens with zero attached hydrogens (tertiary/aromatic N) is 2. The summed E-state index contributed by atoms with van der Waals surface area (Å²) in [7, 11) is 1.33. The lowest BCUT2D eigenvalue weighted by Gasteiger charge is -2.32. The number of benzene rings is 1. The number of nitro benzene ring substituents is 1. The average molecular weight is 279 g/mol. The van der Waals surface area contributed by atoms with E-state index in [0.29, 0.717) is 19.6 Å². The van der Waals surface area contributed by atoms with Gasteiger partial charge in [-0.05, 0) is 13.0 Å². The molecule has 0 aromatic heterocycles. The molecular weight excluding hydrogens is 262 g/mol. The molecule has 1 aromatic carbocycles. The second kappa shape index (κ2) is 5.87. The Kier molecular flexibility index (Phi) is 4.19. The monoisotopic (exact) mass is 279 g/mol. The summed E-state index contributed by atoms with van der Waals surface area (Å²) < 4.78 is 5.07. The number of ether oxygens (including phenoxy) is 1. The molecule has 108 valence electrons. The van der Waals surface area contributed by atoms with Crippen molar-refractivity contribution in [1.29, 1.82) is 0 Å². The van der Waals surface area contributed by atoms with Crippen molar-refractivity contribution in [3.05, 3.63) is 33.9 Å². The van der Waals surface area contributed by atoms with Crippen molar-refractivity contribution < 1.29 is 14.5 Å². The van der Waals surface area contributed by atoms with E-state index < -0.39 is 4.92 Å². The fourth-order valence-electron chi connectivity index (χ4n) is 2.34. The van der Waals surface area contributed by atoms with Crippen LogP contribution in [0.3, 0.4) is 0 Å². The Hall–Kier alpha value is -2.15. The van der Waals surface area contributed by atoms with Gasteiger partial charge in [0.1, 0.15) is 0 Å². The van der Waals surface area contributed by atoms with Gasteiger partial charge in [0.05, 0.1) is 17.6 Å². The van der Waals surface area contributed by atoms with E-state index in [-0.39, 0.29) is 28.9 Å². The molecule has 1 fully saturated rings. The molecule has 0 bridgehead atoms. The van der Waals surface area contributed by atoms with Gasteiger partial charge in [-0.15, -0.1) is 0 Å². The molecule has 0 spiro atoms. The van der Waals surface area contributed by atoms with E-state index in [2.05, 4.69) is 5.32 Å². The number of para-hydroxylation sites is 1. The van der Waals surface area contributed by atoms with Crippen LogP contribution in [-0.2, 0) is 0 Å². The maximum atomic E-state index is 12.5. The SMILES string of the molecule is COc1c(C(=O)N2CCNC(C)C2)cccc1[N+](=O)[O-]. The Bertz CT molecular complexity index is 532. The van der Waals surface area contributed by atoms with Gasteiger partial charge in [-0.1, -0.05) is 6.07 Å². The molecule has 1 N–H and O–H groups in total. The minimum atomic E-state index is -0.546. The lowest BCUT2D eigenvalue weighted by molar-refractivity contribution is -0.385. The molecule has 2 rings (SSSR count). The molecule has 1 atom stereocenters. The first-order valence-electron chi connectivity index (χ1n) is 6.38. The summed E-state index contributed by atoms with van der Waals surface area (Å²) in [5, 5.41) is 14.2. The highest BCUT2D eigenvalue weighted by Gasteiger charge is 2.27. The van der Waals surface area contributed by atoms with Gasteiger partial charge in [-0.2, -0.15) is 0 Å². The van der Waals surface area contributed by atoms with Crippen molar-refractivity contribution in [2.24, 2.45) is 0 Å². The van der Waals surface area contributed by atoms with Crippen LogP contribution in [0.1, 0.15) is 17.3 Å². The second-order valence-electron chi connectivity index (χ2n) is 4.72. The van der Waals surface area contributed by atoms with Crippen LogP contribution in [0.25, 0.3) is 0 Å². The summed E-state index contributed by atoms with van der Waals surface area (Å²) in [4.78, 5) is 24.6. The second-order valence-corrected chi connectivity index (χ2v) is 4.72. The molecule has 1 saturated heterocycles. The minimum absolute atomic E-state index is 0.0219. The highest BCUT2D eigenvalue weighted by atomic mass is 16.6. The van der Waals surface area contributed by atoms with Crippen molar-refractivity contribution in [2.75, 3.05) is 26.7 Å². The van der Waals surface area contributed by atoms with E-state index in [9.17, 15) is 14.9 Å². The molecule has 7 nitrogen and oxygen atoms in total. The Balaban J connectivity index is 2.34. The molecule has 1 aliphatic heterocycles. The topological polar surface area (TPSA) is 84.7 Å². The Labute approximate surface area is 116 Å². The molecular formula is C13H17N3O4. The number of hydrogen-bond donors (Lipinski definition) is 1. The van der Waals surface area contributed by atoms with Gasteiger partial charge in [0.25, 0.3) is 5.91 Å². The molecule has 1 aromatic rings. The molecule has 1 unspecified atom stereocenters. The van der Waals surface area contributed by atoms with Crippen LogP contribution in [0, 0.1) is 10.1 Å². The van der Waals surface area contributed by atoms with Crippen LogP contribution < -0.4 is 10.1 Å². The zero-order chi connectivity index (χ0) is 14.7. The highest BCUT2D eigenvalue weighted by Crippen LogP contribution is 2.31. The summed E-state index contributed by atoms with van der Waals surface area (Å²) in [6, 6.07) is 4.59. The maximum absolute atomic E-state index is 12.5. The number of nitro groups is 1. The lowest BCUT2D eigenvalue weighted by atomic mass is 10.1. The van der Waals surface area contributed by atoms with Crippen LogP contribution in [0.4, 0.5) is 5.69 Å². The van der Waals surface area contributed by atoms with Crippen molar-refractivity contribution in [2.45, 2.75) is 13.0 Å². The van der Waals surface area contributed by atoms with Gasteiger partial charge in [0.15, 0.2) is 0 Å². The van der Waals surface area contributed by atoms with E-state index in [4.69, 9.17) is 4.74 Å². The molecule has 1 aliphatic rings. The molecule has 0 saturated carbocycles. The normalized spacial score (nSPS) is 18.7. The van der Waals surface area contributed by atoms with Crippen LogP contribution in [0.2, 0.25) is 0 Å². The van der Waals surface area contributed by atoms with Gasteiger partial charge in [0, 0.05) is 31.7 Å². The van der Waals surface area contributed by atoms with E-state index >= 15 is 0 Å². The Morgan fingerprint density at radius 3 is 2.90 bits per heavy atom. The van der Waals surface area contributed by atoms with Crippen LogP contribution >= 0.6 is 0 Å². The van der Waals surface area contributed by atoms with Gasteiger partial charge < -0.3 is 15.0 Å². The Morgan fingerprint density at radius 1 is 1.55 bits per heavy atom. The summed E-state index contributed by atoms with van der Waals surface area (Å²) in [6.45, 7) is 3.86. The fraction of sp³-hybridized carbons (Fsp3) is 0.462. The van der Waals surface area contributed by atoms with E-state index in [0.717, 1.165) is 0 Å². The standard InChI is InChI=1S/C13H17N3O4/c1-9-8-15(7-6-14-9)13(17)10-4-3-5-11(16(18)19)12(10)20-2/h3-5,9,14H,6-8H2,1-2H3. The van der Waals surface area contributed by atoms with Crippen molar-refractivity contribution in [3.8, 4) is 5.75 Å². The summed E-state index contributed by atoms with van der Waals surface area (Å²) in [5.74, 6) is -0.215. The van der Waals surface area contributed by atoms with Gasteiger partial charge in [0.2, 0.25) is 5.75 Å². The first kappa shape index (κ1) is 14.3. The highest BCUT2D eigenvalue weighted by molar-refractivity contribution is 5.98. The van der Waals surface area contributed by atoms with E-state index in [1.165, 1.54) is 19.2 Å². The third-order valence-corrected chi connectivity index (χ3v) is 3.28. The number of carbonyl (C=O) groups is 1. The quantitative estimate of drug-likeness (QED) is 0.660.